The van der Waals surface area contributed by atoms with Gasteiger partial charge in [-0.1, -0.05) is 18.2 Å². The van der Waals surface area contributed by atoms with Crippen LogP contribution in [0.3, 0.4) is 0 Å². The molecule has 1 aromatic carbocycles. The Morgan fingerprint density at radius 1 is 1.43 bits per heavy atom. The second-order valence-corrected chi connectivity index (χ2v) is 3.16. The predicted molar refractivity (Wildman–Crippen MR) is 55.8 cm³/mol. The summed E-state index contributed by atoms with van der Waals surface area (Å²) in [7, 11) is 1.63. The number of rotatable bonds is 4. The highest BCUT2D eigenvalue weighted by atomic mass is 35.5. The van der Waals surface area contributed by atoms with E-state index in [0.29, 0.717) is 13.2 Å². The first-order valence-corrected chi connectivity index (χ1v) is 4.66. The topological polar surface area (TPSA) is 29.5 Å². The Morgan fingerprint density at radius 3 is 2.64 bits per heavy atom. The highest BCUT2D eigenvalue weighted by molar-refractivity contribution is 6.62. The van der Waals surface area contributed by atoms with Gasteiger partial charge in [0.25, 0.3) is 0 Å². The van der Waals surface area contributed by atoms with Crippen molar-refractivity contribution in [3.05, 3.63) is 30.3 Å². The van der Waals surface area contributed by atoms with E-state index in [1.807, 2.05) is 30.3 Å². The van der Waals surface area contributed by atoms with Gasteiger partial charge in [0, 0.05) is 7.05 Å². The number of halogens is 1. The highest BCUT2D eigenvalue weighted by Gasteiger charge is 2.03. The summed E-state index contributed by atoms with van der Waals surface area (Å²) >= 11 is 5.24. The van der Waals surface area contributed by atoms with Crippen molar-refractivity contribution in [2.24, 2.45) is 0 Å². The highest BCUT2D eigenvalue weighted by Crippen LogP contribution is 2.07. The lowest BCUT2D eigenvalue weighted by molar-refractivity contribution is 0.216. The summed E-state index contributed by atoms with van der Waals surface area (Å²) in [6, 6.07) is 9.43. The number of para-hydroxylation sites is 1. The molecule has 4 heteroatoms. The molecule has 0 unspecified atom stereocenters. The first-order chi connectivity index (χ1) is 6.70. The van der Waals surface area contributed by atoms with E-state index in [1.165, 1.54) is 4.90 Å². The van der Waals surface area contributed by atoms with E-state index in [4.69, 9.17) is 16.3 Å². The molecule has 0 bridgehead atoms. The Balaban J connectivity index is 2.26. The standard InChI is InChI=1S/C10H12ClNO2/c1-12(10(11)13)7-8-14-9-5-3-2-4-6-9/h2-6H,7-8H2,1H3. The van der Waals surface area contributed by atoms with Crippen LogP contribution in [0.2, 0.25) is 0 Å². The molecule has 0 aliphatic heterocycles. The number of benzene rings is 1. The quantitative estimate of drug-likeness (QED) is 0.568. The van der Waals surface area contributed by atoms with Crippen molar-refractivity contribution in [2.45, 2.75) is 0 Å². The molecular weight excluding hydrogens is 202 g/mol. The van der Waals surface area contributed by atoms with Crippen LogP contribution in [-0.4, -0.2) is 30.5 Å². The normalized spacial score (nSPS) is 9.57. The number of likely N-dealkylation sites (N-methyl/N-ethyl adjacent to an activating group) is 1. The van der Waals surface area contributed by atoms with E-state index < -0.39 is 5.37 Å². The van der Waals surface area contributed by atoms with Gasteiger partial charge in [-0.05, 0) is 23.7 Å². The fourth-order valence-corrected chi connectivity index (χ4v) is 0.990. The molecule has 14 heavy (non-hydrogen) atoms. The van der Waals surface area contributed by atoms with Gasteiger partial charge in [0.05, 0.1) is 6.54 Å². The molecule has 1 amide bonds. The van der Waals surface area contributed by atoms with Crippen molar-refractivity contribution in [1.29, 1.82) is 0 Å². The van der Waals surface area contributed by atoms with Crippen LogP contribution in [0.5, 0.6) is 5.75 Å². The summed E-state index contributed by atoms with van der Waals surface area (Å²) in [5, 5.41) is -0.471. The minimum absolute atomic E-state index is 0.443. The molecule has 1 rings (SSSR count). The summed E-state index contributed by atoms with van der Waals surface area (Å²) < 4.78 is 5.37. The molecule has 0 N–H and O–H groups in total. The Bertz CT molecular complexity index is 289. The van der Waals surface area contributed by atoms with Crippen LogP contribution in [0.15, 0.2) is 30.3 Å². The monoisotopic (exact) mass is 213 g/mol. The molecule has 0 saturated heterocycles. The van der Waals surface area contributed by atoms with Gasteiger partial charge in [0.2, 0.25) is 0 Å². The zero-order valence-electron chi connectivity index (χ0n) is 7.94. The van der Waals surface area contributed by atoms with Gasteiger partial charge >= 0.3 is 5.37 Å². The minimum atomic E-state index is -0.471. The fourth-order valence-electron chi connectivity index (χ4n) is 0.905. The number of nitrogens with zero attached hydrogens (tertiary/aromatic N) is 1. The van der Waals surface area contributed by atoms with Crippen molar-refractivity contribution in [2.75, 3.05) is 20.2 Å². The van der Waals surface area contributed by atoms with Gasteiger partial charge in [-0.2, -0.15) is 0 Å². The van der Waals surface area contributed by atoms with E-state index in [2.05, 4.69) is 0 Å². The first kappa shape index (κ1) is 10.9. The van der Waals surface area contributed by atoms with E-state index in [0.717, 1.165) is 5.75 Å². The Hall–Kier alpha value is -1.22. The predicted octanol–water partition coefficient (Wildman–Crippen LogP) is 2.36. The lowest BCUT2D eigenvalue weighted by Gasteiger charge is -2.13. The second-order valence-electron chi connectivity index (χ2n) is 2.84. The number of carbonyl (C=O) groups is 1. The number of hydrogen-bond acceptors (Lipinski definition) is 2. The molecule has 76 valence electrons. The largest absolute Gasteiger partial charge is 0.492 e. The van der Waals surface area contributed by atoms with Crippen molar-refractivity contribution in [3.8, 4) is 5.75 Å². The molecule has 0 aliphatic rings. The van der Waals surface area contributed by atoms with Crippen LogP contribution in [0.1, 0.15) is 0 Å². The molecule has 0 aliphatic carbocycles. The van der Waals surface area contributed by atoms with Crippen LogP contribution >= 0.6 is 11.6 Å². The van der Waals surface area contributed by atoms with Crippen LogP contribution in [0, 0.1) is 0 Å². The summed E-state index contributed by atoms with van der Waals surface area (Å²) in [5.41, 5.74) is 0. The molecule has 0 radical (unpaired) electrons. The van der Waals surface area contributed by atoms with Gasteiger partial charge in [0.1, 0.15) is 12.4 Å². The minimum Gasteiger partial charge on any atom is -0.492 e. The molecule has 3 nitrogen and oxygen atoms in total. The summed E-state index contributed by atoms with van der Waals surface area (Å²) in [6.07, 6.45) is 0. The summed E-state index contributed by atoms with van der Waals surface area (Å²) in [5.74, 6) is 0.794. The van der Waals surface area contributed by atoms with Gasteiger partial charge in [0.15, 0.2) is 0 Å². The first-order valence-electron chi connectivity index (χ1n) is 4.28. The van der Waals surface area contributed by atoms with Crippen molar-refractivity contribution in [1.82, 2.24) is 4.90 Å². The maximum absolute atomic E-state index is 10.6. The molecule has 0 aromatic heterocycles. The molecule has 0 spiro atoms. The SMILES string of the molecule is CN(CCOc1ccccc1)C(=O)Cl. The molecule has 0 saturated carbocycles. The molecule has 0 fully saturated rings. The molecular formula is C10H12ClNO2. The van der Waals surface area contributed by atoms with Gasteiger partial charge in [-0.15, -0.1) is 0 Å². The third-order valence-corrected chi connectivity index (χ3v) is 2.03. The van der Waals surface area contributed by atoms with Crippen molar-refractivity contribution < 1.29 is 9.53 Å². The molecule has 1 aromatic rings. The van der Waals surface area contributed by atoms with E-state index in [-0.39, 0.29) is 0 Å². The van der Waals surface area contributed by atoms with Crippen molar-refractivity contribution >= 4 is 17.0 Å². The Labute approximate surface area is 88.2 Å². The van der Waals surface area contributed by atoms with Crippen LogP contribution in [-0.2, 0) is 0 Å². The third-order valence-electron chi connectivity index (χ3n) is 1.74. The smallest absolute Gasteiger partial charge is 0.316 e. The zero-order chi connectivity index (χ0) is 10.4. The van der Waals surface area contributed by atoms with E-state index in [9.17, 15) is 4.79 Å². The van der Waals surface area contributed by atoms with Gasteiger partial charge in [-0.25, -0.2) is 0 Å². The average molecular weight is 214 g/mol. The lowest BCUT2D eigenvalue weighted by atomic mass is 10.3. The second kappa shape index (κ2) is 5.50. The van der Waals surface area contributed by atoms with Crippen LogP contribution in [0.4, 0.5) is 4.79 Å². The number of amides is 1. The van der Waals surface area contributed by atoms with E-state index >= 15 is 0 Å². The Morgan fingerprint density at radius 2 is 2.07 bits per heavy atom. The number of hydrogen-bond donors (Lipinski definition) is 0. The number of carbonyl (C=O) groups excluding carboxylic acids is 1. The lowest BCUT2D eigenvalue weighted by Crippen LogP contribution is -2.26. The zero-order valence-corrected chi connectivity index (χ0v) is 8.70. The average Bonchev–Trinajstić information content (AvgIpc) is 2.19. The molecule has 0 atom stereocenters. The van der Waals surface area contributed by atoms with Gasteiger partial charge in [-0.3, -0.25) is 4.79 Å². The third kappa shape index (κ3) is 3.66. The van der Waals surface area contributed by atoms with E-state index in [1.54, 1.807) is 7.05 Å². The van der Waals surface area contributed by atoms with Gasteiger partial charge < -0.3 is 9.64 Å². The summed E-state index contributed by atoms with van der Waals surface area (Å²) in [4.78, 5) is 12.0. The molecule has 0 heterocycles. The van der Waals surface area contributed by atoms with Crippen molar-refractivity contribution in [3.63, 3.8) is 0 Å². The fraction of sp³-hybridized carbons (Fsp3) is 0.300. The Kier molecular flexibility index (Phi) is 4.26. The van der Waals surface area contributed by atoms with Crippen LogP contribution in [0.25, 0.3) is 0 Å². The maximum Gasteiger partial charge on any atom is 0.316 e. The maximum atomic E-state index is 10.6. The summed E-state index contributed by atoms with van der Waals surface area (Å²) in [6.45, 7) is 0.927. The van der Waals surface area contributed by atoms with Crippen LogP contribution < -0.4 is 4.74 Å². The number of ether oxygens (including phenoxy) is 1.